The van der Waals surface area contributed by atoms with Gasteiger partial charge in [0.05, 0.1) is 15.0 Å². The van der Waals surface area contributed by atoms with Crippen LogP contribution in [0.15, 0.2) is 60.2 Å². The first kappa shape index (κ1) is 25.1. The van der Waals surface area contributed by atoms with Crippen LogP contribution in [0.3, 0.4) is 0 Å². The Balaban J connectivity index is 1.76. The Bertz CT molecular complexity index is 1310. The average Bonchev–Trinajstić information content (AvgIpc) is 2.80. The number of nitro benzene ring substituents is 1. The Morgan fingerprint density at radius 1 is 1.12 bits per heavy atom. The Labute approximate surface area is 210 Å². The Hall–Kier alpha value is -3.57. The normalized spacial score (nSPS) is 11.0. The van der Waals surface area contributed by atoms with E-state index in [9.17, 15) is 20.2 Å². The molecule has 1 amide bonds. The maximum Gasteiger partial charge on any atom is 0.269 e. The molecule has 1 N–H and O–H groups in total. The summed E-state index contributed by atoms with van der Waals surface area (Å²) in [6, 6.07) is 15.8. The number of carbonyl (C=O) groups excluding carboxylic acids is 1. The lowest BCUT2D eigenvalue weighted by molar-refractivity contribution is -0.384. The highest BCUT2D eigenvalue weighted by Crippen LogP contribution is 2.35. The fourth-order valence-corrected chi connectivity index (χ4v) is 3.71. The third-order valence-electron chi connectivity index (χ3n) is 4.74. The van der Waals surface area contributed by atoms with Crippen molar-refractivity contribution in [2.45, 2.75) is 13.5 Å². The number of anilines is 1. The first-order chi connectivity index (χ1) is 16.2. The van der Waals surface area contributed by atoms with Crippen LogP contribution in [0, 0.1) is 28.4 Å². The minimum absolute atomic E-state index is 0.0289. The third-order valence-corrected chi connectivity index (χ3v) is 5.71. The number of rotatable bonds is 7. The molecule has 0 radical (unpaired) electrons. The molecule has 3 rings (SSSR count). The third kappa shape index (κ3) is 6.06. The number of nitrogens with one attached hydrogen (secondary N) is 1. The van der Waals surface area contributed by atoms with Crippen molar-refractivity contribution in [1.29, 1.82) is 5.26 Å². The van der Waals surface area contributed by atoms with Gasteiger partial charge in [0.25, 0.3) is 11.6 Å². The monoisotopic (exact) mass is 515 g/mol. The van der Waals surface area contributed by atoms with Crippen molar-refractivity contribution in [2.75, 3.05) is 5.32 Å². The Morgan fingerprint density at radius 3 is 2.35 bits per heavy atom. The lowest BCUT2D eigenvalue weighted by Gasteiger charge is -2.11. The van der Waals surface area contributed by atoms with Gasteiger partial charge in [-0.1, -0.05) is 40.9 Å². The highest BCUT2D eigenvalue weighted by molar-refractivity contribution is 6.37. The molecule has 0 unspecified atom stereocenters. The van der Waals surface area contributed by atoms with Gasteiger partial charge in [-0.15, -0.1) is 0 Å². The zero-order valence-corrected chi connectivity index (χ0v) is 19.9. The molecular formula is C24H16Cl3N3O4. The maximum atomic E-state index is 12.6. The smallest absolute Gasteiger partial charge is 0.269 e. The fraction of sp³-hybridized carbons (Fsp3) is 0.0833. The quantitative estimate of drug-likeness (QED) is 0.158. The summed E-state index contributed by atoms with van der Waals surface area (Å²) in [5, 5.41) is 23.7. The van der Waals surface area contributed by atoms with Crippen molar-refractivity contribution in [3.63, 3.8) is 0 Å². The summed E-state index contributed by atoms with van der Waals surface area (Å²) in [5.74, 6) is -0.407. The lowest BCUT2D eigenvalue weighted by atomic mass is 10.1. The fourth-order valence-electron chi connectivity index (χ4n) is 2.92. The van der Waals surface area contributed by atoms with E-state index in [1.165, 1.54) is 30.3 Å². The van der Waals surface area contributed by atoms with Crippen LogP contribution in [-0.4, -0.2) is 10.8 Å². The van der Waals surface area contributed by atoms with Gasteiger partial charge in [-0.25, -0.2) is 0 Å². The molecular weight excluding hydrogens is 501 g/mol. The molecule has 34 heavy (non-hydrogen) atoms. The SMILES string of the molecule is Cc1c(Cl)cccc1NC(=O)/C(C#N)=C\c1cc(Cl)c(OCc2ccc([N+](=O)[O-])cc2)c(Cl)c1. The van der Waals surface area contributed by atoms with Gasteiger partial charge in [0.2, 0.25) is 0 Å². The van der Waals surface area contributed by atoms with Crippen molar-refractivity contribution in [1.82, 2.24) is 0 Å². The Morgan fingerprint density at radius 2 is 1.76 bits per heavy atom. The number of hydrogen-bond acceptors (Lipinski definition) is 5. The second kappa shape index (κ2) is 11.0. The number of nitro groups is 1. The molecule has 0 aliphatic rings. The minimum Gasteiger partial charge on any atom is -0.486 e. The van der Waals surface area contributed by atoms with Gasteiger partial charge < -0.3 is 10.1 Å². The maximum absolute atomic E-state index is 12.6. The number of nitrogens with zero attached hydrogens (tertiary/aromatic N) is 2. The molecule has 0 spiro atoms. The first-order valence-electron chi connectivity index (χ1n) is 9.73. The molecule has 0 aliphatic heterocycles. The van der Waals surface area contributed by atoms with E-state index in [0.29, 0.717) is 27.4 Å². The highest BCUT2D eigenvalue weighted by Gasteiger charge is 2.15. The summed E-state index contributed by atoms with van der Waals surface area (Å²) in [6.07, 6.45) is 1.35. The summed E-state index contributed by atoms with van der Waals surface area (Å²) in [7, 11) is 0. The van der Waals surface area contributed by atoms with E-state index in [1.54, 1.807) is 37.3 Å². The van der Waals surface area contributed by atoms with Crippen LogP contribution in [0.1, 0.15) is 16.7 Å². The lowest BCUT2D eigenvalue weighted by Crippen LogP contribution is -2.14. The van der Waals surface area contributed by atoms with Crippen LogP contribution >= 0.6 is 34.8 Å². The molecule has 0 bridgehead atoms. The highest BCUT2D eigenvalue weighted by atomic mass is 35.5. The molecule has 0 saturated heterocycles. The molecule has 0 atom stereocenters. The summed E-state index contributed by atoms with van der Waals surface area (Å²) < 4.78 is 5.68. The number of amides is 1. The van der Waals surface area contributed by atoms with E-state index in [-0.39, 0.29) is 33.7 Å². The van der Waals surface area contributed by atoms with Crippen LogP contribution in [0.5, 0.6) is 5.75 Å². The van der Waals surface area contributed by atoms with Crippen LogP contribution in [0.4, 0.5) is 11.4 Å². The first-order valence-corrected chi connectivity index (χ1v) is 10.9. The molecule has 0 fully saturated rings. The van der Waals surface area contributed by atoms with Gasteiger partial charge in [-0.2, -0.15) is 5.26 Å². The average molecular weight is 517 g/mol. The van der Waals surface area contributed by atoms with Crippen LogP contribution in [0.25, 0.3) is 6.08 Å². The van der Waals surface area contributed by atoms with Crippen LogP contribution < -0.4 is 10.1 Å². The Kier molecular flexibility index (Phi) is 8.13. The van der Waals surface area contributed by atoms with E-state index in [4.69, 9.17) is 39.5 Å². The number of hydrogen-bond donors (Lipinski definition) is 1. The van der Waals surface area contributed by atoms with Gasteiger partial charge >= 0.3 is 0 Å². The zero-order chi connectivity index (χ0) is 24.8. The molecule has 0 aliphatic carbocycles. The van der Waals surface area contributed by atoms with Crippen LogP contribution in [-0.2, 0) is 11.4 Å². The van der Waals surface area contributed by atoms with E-state index >= 15 is 0 Å². The zero-order valence-electron chi connectivity index (χ0n) is 17.6. The molecule has 3 aromatic rings. The number of halogens is 3. The standard InChI is InChI=1S/C24H16Cl3N3O4/c1-14-19(25)3-2-4-22(14)29-24(31)17(12-28)9-16-10-20(26)23(21(27)11-16)34-13-15-5-7-18(8-6-15)30(32)33/h2-11H,13H2,1H3,(H,29,31)/b17-9-. The molecule has 7 nitrogen and oxygen atoms in total. The van der Waals surface area contributed by atoms with Crippen molar-refractivity contribution in [3.05, 3.63) is 102 Å². The summed E-state index contributed by atoms with van der Waals surface area (Å²) in [4.78, 5) is 22.9. The van der Waals surface area contributed by atoms with Gasteiger partial charge in [-0.05, 0) is 66.1 Å². The molecule has 172 valence electrons. The topological polar surface area (TPSA) is 105 Å². The van der Waals surface area contributed by atoms with E-state index < -0.39 is 10.8 Å². The van der Waals surface area contributed by atoms with E-state index in [1.807, 2.05) is 6.07 Å². The van der Waals surface area contributed by atoms with E-state index in [2.05, 4.69) is 5.32 Å². The largest absolute Gasteiger partial charge is 0.486 e. The summed E-state index contributed by atoms with van der Waals surface area (Å²) in [5.41, 5.74) is 2.08. The van der Waals surface area contributed by atoms with Gasteiger partial charge in [0.1, 0.15) is 18.2 Å². The van der Waals surface area contributed by atoms with E-state index in [0.717, 1.165) is 0 Å². The second-order valence-corrected chi connectivity index (χ2v) is 8.28. The number of nitriles is 1. The molecule has 0 saturated carbocycles. The van der Waals surface area contributed by atoms with Gasteiger partial charge in [0, 0.05) is 22.8 Å². The van der Waals surface area contributed by atoms with Crippen molar-refractivity contribution >= 4 is 58.2 Å². The van der Waals surface area contributed by atoms with Gasteiger partial charge in [0.15, 0.2) is 5.75 Å². The molecule has 10 heteroatoms. The molecule has 0 aromatic heterocycles. The minimum atomic E-state index is -0.612. The molecule has 0 heterocycles. The molecule has 3 aromatic carbocycles. The predicted octanol–water partition coefficient (Wildman–Crippen LogP) is 6.99. The number of ether oxygens (including phenoxy) is 1. The summed E-state index contributed by atoms with van der Waals surface area (Å²) in [6.45, 7) is 1.83. The number of benzene rings is 3. The number of carbonyl (C=O) groups is 1. The van der Waals surface area contributed by atoms with Crippen molar-refractivity contribution < 1.29 is 14.5 Å². The van der Waals surface area contributed by atoms with Gasteiger partial charge in [-0.3, -0.25) is 14.9 Å². The summed E-state index contributed by atoms with van der Waals surface area (Å²) >= 11 is 18.7. The van der Waals surface area contributed by atoms with Crippen molar-refractivity contribution in [3.8, 4) is 11.8 Å². The second-order valence-electron chi connectivity index (χ2n) is 7.06. The van der Waals surface area contributed by atoms with Crippen LogP contribution in [0.2, 0.25) is 15.1 Å². The predicted molar refractivity (Wildman–Crippen MR) is 132 cm³/mol. The van der Waals surface area contributed by atoms with Crippen molar-refractivity contribution in [2.24, 2.45) is 0 Å². The number of non-ortho nitro benzene ring substituents is 1.